The number of nitrogens with zero attached hydrogens (tertiary/aromatic N) is 4. The molecule has 4 rings (SSSR count). The van der Waals surface area contributed by atoms with E-state index in [9.17, 15) is 4.79 Å². The molecule has 1 aromatic heterocycles. The smallest absolute Gasteiger partial charge is 0.225 e. The van der Waals surface area contributed by atoms with Crippen molar-refractivity contribution < 1.29 is 4.79 Å². The average Bonchev–Trinajstić information content (AvgIpc) is 2.62. The third-order valence-electron chi connectivity index (χ3n) is 5.15. The predicted molar refractivity (Wildman–Crippen MR) is 98.6 cm³/mol. The quantitative estimate of drug-likeness (QED) is 0.828. The molecule has 2 heterocycles. The fourth-order valence-corrected chi connectivity index (χ4v) is 3.69. The summed E-state index contributed by atoms with van der Waals surface area (Å²) in [6.45, 7) is 3.85. The van der Waals surface area contributed by atoms with Gasteiger partial charge in [-0.3, -0.25) is 4.79 Å². The molecule has 1 fully saturated rings. The Balaban J connectivity index is 1.59. The Labute approximate surface area is 152 Å². The summed E-state index contributed by atoms with van der Waals surface area (Å²) in [4.78, 5) is 26.3. The summed E-state index contributed by atoms with van der Waals surface area (Å²) in [5.74, 6) is 1.04. The van der Waals surface area contributed by atoms with Crippen molar-refractivity contribution in [3.05, 3.63) is 52.3 Å². The van der Waals surface area contributed by atoms with Gasteiger partial charge in [0.25, 0.3) is 0 Å². The number of anilines is 1. The fourth-order valence-electron chi connectivity index (χ4n) is 3.56. The molecule has 0 spiro atoms. The van der Waals surface area contributed by atoms with Crippen molar-refractivity contribution in [3.63, 3.8) is 0 Å². The van der Waals surface area contributed by atoms with Crippen molar-refractivity contribution in [1.29, 1.82) is 0 Å². The Kier molecular flexibility index (Phi) is 4.44. The van der Waals surface area contributed by atoms with E-state index in [4.69, 9.17) is 16.6 Å². The number of hydrogen-bond donors (Lipinski definition) is 0. The van der Waals surface area contributed by atoms with Crippen LogP contribution in [-0.2, 0) is 6.42 Å². The summed E-state index contributed by atoms with van der Waals surface area (Å²) in [5, 5.41) is 0.714. The number of fused-ring (bicyclic) bond motifs is 1. The second-order valence-electron chi connectivity index (χ2n) is 6.90. The zero-order chi connectivity index (χ0) is 17.4. The molecule has 1 aromatic carbocycles. The second-order valence-corrected chi connectivity index (χ2v) is 7.34. The van der Waals surface area contributed by atoms with Crippen molar-refractivity contribution in [2.24, 2.45) is 0 Å². The maximum absolute atomic E-state index is 12.5. The van der Waals surface area contributed by atoms with Gasteiger partial charge in [0, 0.05) is 43.8 Å². The number of likely N-dealkylation sites (N-methyl/N-ethyl adjacent to an activating group) is 1. The highest BCUT2D eigenvalue weighted by Gasteiger charge is 2.29. The molecule has 1 atom stereocenters. The zero-order valence-electron chi connectivity index (χ0n) is 14.3. The van der Waals surface area contributed by atoms with Gasteiger partial charge in [0.05, 0.1) is 11.3 Å². The number of ketones is 1. The number of benzene rings is 1. The van der Waals surface area contributed by atoms with Gasteiger partial charge in [0.1, 0.15) is 0 Å². The molecule has 0 N–H and O–H groups in total. The Morgan fingerprint density at radius 2 is 1.80 bits per heavy atom. The van der Waals surface area contributed by atoms with Crippen molar-refractivity contribution in [2.45, 2.75) is 18.8 Å². The largest absolute Gasteiger partial charge is 0.338 e. The number of carbonyl (C=O) groups excluding carboxylic acids is 1. The van der Waals surface area contributed by atoms with Crippen LogP contribution in [0.4, 0.5) is 5.95 Å². The lowest BCUT2D eigenvalue weighted by atomic mass is 9.82. The monoisotopic (exact) mass is 356 g/mol. The molecule has 6 heteroatoms. The molecule has 0 radical (unpaired) electrons. The molecule has 1 aliphatic heterocycles. The molecule has 0 saturated carbocycles. The molecule has 1 saturated heterocycles. The van der Waals surface area contributed by atoms with Gasteiger partial charge in [-0.05, 0) is 37.1 Å². The number of rotatable bonds is 2. The Bertz CT molecular complexity index is 785. The molecule has 2 aromatic rings. The summed E-state index contributed by atoms with van der Waals surface area (Å²) in [6, 6.07) is 7.78. The van der Waals surface area contributed by atoms with Gasteiger partial charge in [-0.1, -0.05) is 23.7 Å². The Hall–Kier alpha value is -1.98. The van der Waals surface area contributed by atoms with Gasteiger partial charge in [0.15, 0.2) is 5.78 Å². The van der Waals surface area contributed by atoms with Crippen LogP contribution in [0, 0.1) is 0 Å². The van der Waals surface area contributed by atoms with E-state index < -0.39 is 0 Å². The van der Waals surface area contributed by atoms with Crippen LogP contribution in [0.2, 0.25) is 5.02 Å². The van der Waals surface area contributed by atoms with Crippen LogP contribution in [0.3, 0.4) is 0 Å². The van der Waals surface area contributed by atoms with E-state index in [0.29, 0.717) is 17.0 Å². The average molecular weight is 357 g/mol. The molecular formula is C19H21ClN4O. The van der Waals surface area contributed by atoms with Gasteiger partial charge >= 0.3 is 0 Å². The highest BCUT2D eigenvalue weighted by atomic mass is 35.5. The summed E-state index contributed by atoms with van der Waals surface area (Å²) in [6.07, 6.45) is 2.99. The topological polar surface area (TPSA) is 49.3 Å². The van der Waals surface area contributed by atoms with Crippen LogP contribution in [0.15, 0.2) is 30.5 Å². The second kappa shape index (κ2) is 6.73. The van der Waals surface area contributed by atoms with Gasteiger partial charge in [0.2, 0.25) is 5.95 Å². The number of aromatic nitrogens is 2. The van der Waals surface area contributed by atoms with Gasteiger partial charge in [-0.25, -0.2) is 9.97 Å². The molecule has 0 bridgehead atoms. The van der Waals surface area contributed by atoms with Crippen LogP contribution in [-0.4, -0.2) is 53.9 Å². The third kappa shape index (κ3) is 3.39. The zero-order valence-corrected chi connectivity index (χ0v) is 15.0. The summed E-state index contributed by atoms with van der Waals surface area (Å²) >= 11 is 5.98. The lowest BCUT2D eigenvalue weighted by Gasteiger charge is -2.33. The minimum absolute atomic E-state index is 0.131. The Morgan fingerprint density at radius 3 is 2.52 bits per heavy atom. The fraction of sp³-hybridized carbons (Fsp3) is 0.421. The Morgan fingerprint density at radius 1 is 1.08 bits per heavy atom. The van der Waals surface area contributed by atoms with Crippen LogP contribution in [0.25, 0.3) is 0 Å². The van der Waals surface area contributed by atoms with Crippen molar-refractivity contribution in [3.8, 4) is 0 Å². The SMILES string of the molecule is CN1CCN(c2ncc3c(n2)C[C@@H](c2ccc(Cl)cc2)CC3=O)CC1. The first-order valence-electron chi connectivity index (χ1n) is 8.68. The van der Waals surface area contributed by atoms with Crippen LogP contribution in [0.1, 0.15) is 34.0 Å². The molecule has 130 valence electrons. The number of carbonyl (C=O) groups is 1. The molecule has 0 unspecified atom stereocenters. The van der Waals surface area contributed by atoms with Crippen LogP contribution >= 0.6 is 11.6 Å². The normalized spacial score (nSPS) is 21.3. The van der Waals surface area contributed by atoms with Crippen LogP contribution < -0.4 is 4.90 Å². The van der Waals surface area contributed by atoms with E-state index in [1.54, 1.807) is 6.20 Å². The van der Waals surface area contributed by atoms with Gasteiger partial charge < -0.3 is 9.80 Å². The summed E-state index contributed by atoms with van der Waals surface area (Å²) in [5.41, 5.74) is 2.70. The number of Topliss-reactive ketones (excluding diaryl/α,β-unsaturated/α-hetero) is 1. The summed E-state index contributed by atoms with van der Waals surface area (Å²) < 4.78 is 0. The van der Waals surface area contributed by atoms with E-state index in [0.717, 1.165) is 49.8 Å². The predicted octanol–water partition coefficient (Wildman–Crippen LogP) is 2.79. The van der Waals surface area contributed by atoms with Gasteiger partial charge in [-0.2, -0.15) is 0 Å². The lowest BCUT2D eigenvalue weighted by Crippen LogP contribution is -2.45. The third-order valence-corrected chi connectivity index (χ3v) is 5.41. The molecule has 2 aliphatic rings. The standard InChI is InChI=1S/C19H21ClN4O/c1-23-6-8-24(9-7-23)19-21-12-16-17(22-19)10-14(11-18(16)25)13-2-4-15(20)5-3-13/h2-5,12,14H,6-11H2,1H3/t14-/m1/s1. The van der Waals surface area contributed by atoms with E-state index in [1.807, 2.05) is 24.3 Å². The highest BCUT2D eigenvalue weighted by Crippen LogP contribution is 2.32. The molecular weight excluding hydrogens is 336 g/mol. The number of halogens is 1. The van der Waals surface area contributed by atoms with E-state index in [1.165, 1.54) is 0 Å². The first-order valence-corrected chi connectivity index (χ1v) is 9.06. The number of hydrogen-bond acceptors (Lipinski definition) is 5. The molecule has 0 amide bonds. The lowest BCUT2D eigenvalue weighted by molar-refractivity contribution is 0.0962. The van der Waals surface area contributed by atoms with E-state index >= 15 is 0 Å². The van der Waals surface area contributed by atoms with Crippen LogP contribution in [0.5, 0.6) is 0 Å². The van der Waals surface area contributed by atoms with Crippen molar-refractivity contribution in [1.82, 2.24) is 14.9 Å². The molecule has 1 aliphatic carbocycles. The van der Waals surface area contributed by atoms with Gasteiger partial charge in [-0.15, -0.1) is 0 Å². The summed E-state index contributed by atoms with van der Waals surface area (Å²) in [7, 11) is 2.13. The maximum Gasteiger partial charge on any atom is 0.225 e. The molecule has 5 nitrogen and oxygen atoms in total. The molecule has 25 heavy (non-hydrogen) atoms. The number of piperazine rings is 1. The first-order chi connectivity index (χ1) is 12.1. The first kappa shape index (κ1) is 16.5. The maximum atomic E-state index is 12.5. The van der Waals surface area contributed by atoms with E-state index in [-0.39, 0.29) is 11.7 Å². The highest BCUT2D eigenvalue weighted by molar-refractivity contribution is 6.30. The minimum atomic E-state index is 0.131. The van der Waals surface area contributed by atoms with Crippen molar-refractivity contribution >= 4 is 23.3 Å². The minimum Gasteiger partial charge on any atom is -0.338 e. The van der Waals surface area contributed by atoms with Crippen molar-refractivity contribution in [2.75, 3.05) is 38.1 Å². The van der Waals surface area contributed by atoms with E-state index in [2.05, 4.69) is 21.8 Å².